The van der Waals surface area contributed by atoms with E-state index in [4.69, 9.17) is 9.47 Å². The van der Waals surface area contributed by atoms with Crippen LogP contribution in [0.25, 0.3) is 0 Å². The van der Waals surface area contributed by atoms with Crippen molar-refractivity contribution in [1.82, 2.24) is 10.2 Å². The first-order valence-electron chi connectivity index (χ1n) is 15.6. The van der Waals surface area contributed by atoms with Crippen molar-refractivity contribution < 1.29 is 19.1 Å². The van der Waals surface area contributed by atoms with Gasteiger partial charge in [0.1, 0.15) is 23.4 Å². The van der Waals surface area contributed by atoms with E-state index in [1.165, 1.54) is 19.4 Å². The molecular weight excluding hydrogens is 540 g/mol. The standard InChI is InChI=1S/C35H46N4O4/c1-5-8-21-39-22-19-32(20-23-39)42-30-14-9-26(10-15-30)34(40)36-28-11-16-31(17-12-28)43-33-18-13-29(24-25(33)4)38-35(41)37-27(6-2)7-3/h9-18,24,27,32H,5-8,19-23H2,1-4H3,(H,36,40)(H2,37,38,41). The second-order valence-electron chi connectivity index (χ2n) is 11.2. The Balaban J connectivity index is 1.24. The Labute approximate surface area is 256 Å². The molecule has 43 heavy (non-hydrogen) atoms. The number of piperidine rings is 1. The number of aryl methyl sites for hydroxylation is 1. The molecule has 1 aliphatic rings. The summed E-state index contributed by atoms with van der Waals surface area (Å²) >= 11 is 0. The molecule has 0 radical (unpaired) electrons. The van der Waals surface area contributed by atoms with Crippen LogP contribution in [-0.4, -0.2) is 48.6 Å². The van der Waals surface area contributed by atoms with Gasteiger partial charge < -0.3 is 30.3 Å². The molecule has 3 N–H and O–H groups in total. The van der Waals surface area contributed by atoms with Gasteiger partial charge in [0, 0.05) is 36.1 Å². The number of likely N-dealkylation sites (tertiary alicyclic amines) is 1. The zero-order chi connectivity index (χ0) is 30.6. The smallest absolute Gasteiger partial charge is 0.319 e. The van der Waals surface area contributed by atoms with Crippen LogP contribution in [0.5, 0.6) is 17.2 Å². The number of unbranched alkanes of at least 4 members (excludes halogenated alkanes) is 1. The van der Waals surface area contributed by atoms with Crippen LogP contribution < -0.4 is 25.4 Å². The number of carbonyl (C=O) groups is 2. The van der Waals surface area contributed by atoms with Crippen molar-refractivity contribution in [3.63, 3.8) is 0 Å². The molecule has 3 amide bonds. The summed E-state index contributed by atoms with van der Waals surface area (Å²) < 4.78 is 12.2. The maximum absolute atomic E-state index is 12.8. The van der Waals surface area contributed by atoms with E-state index in [1.54, 1.807) is 12.1 Å². The molecule has 1 heterocycles. The van der Waals surface area contributed by atoms with Gasteiger partial charge in [-0.1, -0.05) is 27.2 Å². The monoisotopic (exact) mass is 586 g/mol. The number of nitrogens with zero attached hydrogens (tertiary/aromatic N) is 1. The normalized spacial score (nSPS) is 13.9. The van der Waals surface area contributed by atoms with Crippen molar-refractivity contribution in [3.05, 3.63) is 77.9 Å². The number of ether oxygens (including phenoxy) is 2. The first-order chi connectivity index (χ1) is 20.9. The van der Waals surface area contributed by atoms with E-state index in [0.717, 1.165) is 50.1 Å². The summed E-state index contributed by atoms with van der Waals surface area (Å²) in [6.07, 6.45) is 6.55. The lowest BCUT2D eigenvalue weighted by Gasteiger charge is -2.32. The fourth-order valence-electron chi connectivity index (χ4n) is 5.13. The number of benzene rings is 3. The van der Waals surface area contributed by atoms with Gasteiger partial charge in [-0.15, -0.1) is 0 Å². The molecule has 230 valence electrons. The van der Waals surface area contributed by atoms with Gasteiger partial charge in [-0.05, 0) is 118 Å². The Morgan fingerprint density at radius 1 is 0.860 bits per heavy atom. The number of amides is 3. The molecule has 8 nitrogen and oxygen atoms in total. The number of nitrogens with one attached hydrogen (secondary N) is 3. The van der Waals surface area contributed by atoms with Gasteiger partial charge in [0.05, 0.1) is 0 Å². The summed E-state index contributed by atoms with van der Waals surface area (Å²) in [5.41, 5.74) is 2.84. The third-order valence-corrected chi connectivity index (χ3v) is 7.88. The Hall–Kier alpha value is -4.04. The highest BCUT2D eigenvalue weighted by Crippen LogP contribution is 2.28. The summed E-state index contributed by atoms with van der Waals surface area (Å²) in [4.78, 5) is 27.6. The highest BCUT2D eigenvalue weighted by molar-refractivity contribution is 6.04. The minimum atomic E-state index is -0.211. The molecule has 1 aliphatic heterocycles. The molecular formula is C35H46N4O4. The fourth-order valence-corrected chi connectivity index (χ4v) is 5.13. The molecule has 8 heteroatoms. The van der Waals surface area contributed by atoms with Gasteiger partial charge in [-0.3, -0.25) is 4.79 Å². The molecule has 0 aromatic heterocycles. The number of urea groups is 1. The van der Waals surface area contributed by atoms with Gasteiger partial charge in [-0.25, -0.2) is 4.79 Å². The molecule has 4 rings (SSSR count). The van der Waals surface area contributed by atoms with Crippen LogP contribution in [0.2, 0.25) is 0 Å². The third kappa shape index (κ3) is 9.75. The number of carbonyl (C=O) groups excluding carboxylic acids is 2. The predicted molar refractivity (Wildman–Crippen MR) is 174 cm³/mol. The Morgan fingerprint density at radius 3 is 2.14 bits per heavy atom. The molecule has 1 fully saturated rings. The minimum Gasteiger partial charge on any atom is -0.490 e. The molecule has 0 unspecified atom stereocenters. The van der Waals surface area contributed by atoms with E-state index < -0.39 is 0 Å². The van der Waals surface area contributed by atoms with Crippen molar-refractivity contribution in [2.75, 3.05) is 30.3 Å². The topological polar surface area (TPSA) is 91.9 Å². The zero-order valence-corrected chi connectivity index (χ0v) is 25.9. The van der Waals surface area contributed by atoms with E-state index in [2.05, 4.69) is 41.6 Å². The minimum absolute atomic E-state index is 0.157. The molecule has 0 bridgehead atoms. The summed E-state index contributed by atoms with van der Waals surface area (Å²) in [6, 6.07) is 20.1. The van der Waals surface area contributed by atoms with Crippen molar-refractivity contribution >= 4 is 23.3 Å². The number of anilines is 2. The quantitative estimate of drug-likeness (QED) is 0.189. The molecule has 0 saturated carbocycles. The van der Waals surface area contributed by atoms with Crippen molar-refractivity contribution in [3.8, 4) is 17.2 Å². The first kappa shape index (κ1) is 31.9. The largest absolute Gasteiger partial charge is 0.490 e. The fraction of sp³-hybridized carbons (Fsp3) is 0.429. The van der Waals surface area contributed by atoms with Crippen LogP contribution >= 0.6 is 0 Å². The van der Waals surface area contributed by atoms with Crippen LogP contribution in [0.1, 0.15) is 75.2 Å². The van der Waals surface area contributed by atoms with Gasteiger partial charge >= 0.3 is 6.03 Å². The molecule has 1 saturated heterocycles. The number of hydrogen-bond acceptors (Lipinski definition) is 5. The Bertz CT molecular complexity index is 1310. The molecule has 0 spiro atoms. The van der Waals surface area contributed by atoms with Crippen molar-refractivity contribution in [2.24, 2.45) is 0 Å². The number of hydrogen-bond donors (Lipinski definition) is 3. The summed E-state index contributed by atoms with van der Waals surface area (Å²) in [5.74, 6) is 1.95. The summed E-state index contributed by atoms with van der Waals surface area (Å²) in [6.45, 7) is 11.6. The average molecular weight is 587 g/mol. The highest BCUT2D eigenvalue weighted by atomic mass is 16.5. The van der Waals surface area contributed by atoms with Crippen molar-refractivity contribution in [1.29, 1.82) is 0 Å². The Kier molecular flexibility index (Phi) is 11.9. The maximum atomic E-state index is 12.8. The lowest BCUT2D eigenvalue weighted by atomic mass is 10.1. The average Bonchev–Trinajstić information content (AvgIpc) is 3.02. The van der Waals surface area contributed by atoms with E-state index in [-0.39, 0.29) is 24.1 Å². The van der Waals surface area contributed by atoms with Gasteiger partial charge in [0.25, 0.3) is 5.91 Å². The third-order valence-electron chi connectivity index (χ3n) is 7.88. The van der Waals surface area contributed by atoms with E-state index in [9.17, 15) is 9.59 Å². The molecule has 3 aromatic carbocycles. The second-order valence-corrected chi connectivity index (χ2v) is 11.2. The van der Waals surface area contributed by atoms with Gasteiger partial charge in [-0.2, -0.15) is 0 Å². The van der Waals surface area contributed by atoms with Gasteiger partial charge in [0.2, 0.25) is 0 Å². The van der Waals surface area contributed by atoms with Crippen LogP contribution in [0, 0.1) is 6.92 Å². The maximum Gasteiger partial charge on any atom is 0.319 e. The SMILES string of the molecule is CCCCN1CCC(Oc2ccc(C(=O)Nc3ccc(Oc4ccc(NC(=O)NC(CC)CC)cc4C)cc3)cc2)CC1. The van der Waals surface area contributed by atoms with Gasteiger partial charge in [0.15, 0.2) is 0 Å². The second kappa shape index (κ2) is 16.0. The predicted octanol–water partition coefficient (Wildman–Crippen LogP) is 7.99. The van der Waals surface area contributed by atoms with Crippen LogP contribution in [0.3, 0.4) is 0 Å². The van der Waals surface area contributed by atoms with Crippen LogP contribution in [0.15, 0.2) is 66.7 Å². The Morgan fingerprint density at radius 2 is 1.51 bits per heavy atom. The van der Waals surface area contributed by atoms with Crippen LogP contribution in [0.4, 0.5) is 16.2 Å². The number of rotatable bonds is 13. The van der Waals surface area contributed by atoms with E-state index in [1.807, 2.05) is 61.5 Å². The van der Waals surface area contributed by atoms with Crippen molar-refractivity contribution in [2.45, 2.75) is 78.4 Å². The highest BCUT2D eigenvalue weighted by Gasteiger charge is 2.20. The van der Waals surface area contributed by atoms with E-state index >= 15 is 0 Å². The molecule has 0 aliphatic carbocycles. The van der Waals surface area contributed by atoms with Crippen LogP contribution in [-0.2, 0) is 0 Å². The lowest BCUT2D eigenvalue weighted by Crippen LogP contribution is -2.38. The molecule has 0 atom stereocenters. The molecule has 3 aromatic rings. The lowest BCUT2D eigenvalue weighted by molar-refractivity contribution is 0.0996. The van der Waals surface area contributed by atoms with E-state index in [0.29, 0.717) is 28.4 Å². The summed E-state index contributed by atoms with van der Waals surface area (Å²) in [5, 5.41) is 8.80. The summed E-state index contributed by atoms with van der Waals surface area (Å²) in [7, 11) is 0. The first-order valence-corrected chi connectivity index (χ1v) is 15.6. The zero-order valence-electron chi connectivity index (χ0n) is 25.9.